The van der Waals surface area contributed by atoms with Gasteiger partial charge in [0.25, 0.3) is 0 Å². The Hall–Kier alpha value is -0.610. The van der Waals surface area contributed by atoms with E-state index >= 15 is 0 Å². The lowest BCUT2D eigenvalue weighted by Crippen LogP contribution is -2.44. The van der Waals surface area contributed by atoms with Crippen LogP contribution >= 0.6 is 0 Å². The molecule has 2 aliphatic carbocycles. The Morgan fingerprint density at radius 2 is 1.80 bits per heavy atom. The zero-order valence-electron chi connectivity index (χ0n) is 9.01. The lowest BCUT2D eigenvalue weighted by molar-refractivity contribution is -0.145. The Morgan fingerprint density at radius 1 is 1.13 bits per heavy atom. The maximum Gasteiger partial charge on any atom is 0.309 e. The van der Waals surface area contributed by atoms with Crippen LogP contribution < -0.4 is 0 Å². The largest absolute Gasteiger partial charge is 0.465 e. The molecule has 4 heteroatoms. The van der Waals surface area contributed by atoms with Gasteiger partial charge in [-0.25, -0.2) is 0 Å². The molecule has 4 nitrogen and oxygen atoms in total. The fourth-order valence-corrected chi connectivity index (χ4v) is 3.89. The molecule has 84 valence electrons. The Kier molecular flexibility index (Phi) is 2.04. The number of esters is 1. The highest BCUT2D eigenvalue weighted by atomic mass is 16.5. The van der Waals surface area contributed by atoms with E-state index in [0.717, 1.165) is 6.42 Å². The maximum absolute atomic E-state index is 11.6. The zero-order valence-corrected chi connectivity index (χ0v) is 9.01. The highest BCUT2D eigenvalue weighted by Crippen LogP contribution is 2.56. The van der Waals surface area contributed by atoms with E-state index in [1.807, 2.05) is 0 Å². The van der Waals surface area contributed by atoms with E-state index in [9.17, 15) is 4.79 Å². The van der Waals surface area contributed by atoms with Crippen LogP contribution in [0.4, 0.5) is 0 Å². The van der Waals surface area contributed by atoms with E-state index in [1.54, 1.807) is 14.2 Å². The van der Waals surface area contributed by atoms with Gasteiger partial charge in [-0.1, -0.05) is 0 Å². The summed E-state index contributed by atoms with van der Waals surface area (Å²) in [7, 11) is 3.43. The molecule has 0 N–H and O–H groups in total. The van der Waals surface area contributed by atoms with E-state index in [4.69, 9.17) is 14.2 Å². The van der Waals surface area contributed by atoms with Crippen LogP contribution in [0.1, 0.15) is 6.42 Å². The van der Waals surface area contributed by atoms with Crippen LogP contribution in [0.3, 0.4) is 0 Å². The average molecular weight is 212 g/mol. The smallest absolute Gasteiger partial charge is 0.309 e. The third kappa shape index (κ3) is 1.06. The number of ether oxygens (including phenoxy) is 3. The molecule has 0 aromatic carbocycles. The molecule has 1 heterocycles. The van der Waals surface area contributed by atoms with Crippen LogP contribution in [0.15, 0.2) is 0 Å². The molecule has 1 saturated heterocycles. The molecule has 0 radical (unpaired) electrons. The quantitative estimate of drug-likeness (QED) is 0.624. The molecule has 15 heavy (non-hydrogen) atoms. The molecule has 0 spiro atoms. The second-order valence-corrected chi connectivity index (χ2v) is 4.78. The van der Waals surface area contributed by atoms with Crippen LogP contribution in [-0.4, -0.2) is 39.0 Å². The number of hydrogen-bond acceptors (Lipinski definition) is 4. The van der Waals surface area contributed by atoms with E-state index < -0.39 is 0 Å². The highest BCUT2D eigenvalue weighted by Gasteiger charge is 2.63. The third-order valence-corrected chi connectivity index (χ3v) is 4.42. The van der Waals surface area contributed by atoms with Crippen LogP contribution in [0.5, 0.6) is 0 Å². The minimum Gasteiger partial charge on any atom is -0.465 e. The summed E-state index contributed by atoms with van der Waals surface area (Å²) in [5, 5.41) is 0. The molecule has 2 saturated carbocycles. The first kappa shape index (κ1) is 9.60. The summed E-state index contributed by atoms with van der Waals surface area (Å²) in [5.41, 5.74) is 0. The van der Waals surface area contributed by atoms with Gasteiger partial charge in [0.05, 0.1) is 24.7 Å². The predicted molar refractivity (Wildman–Crippen MR) is 51.1 cm³/mol. The van der Waals surface area contributed by atoms with Crippen molar-refractivity contribution in [1.82, 2.24) is 0 Å². The van der Waals surface area contributed by atoms with Gasteiger partial charge in [-0.2, -0.15) is 0 Å². The van der Waals surface area contributed by atoms with Crippen LogP contribution in [0, 0.1) is 23.7 Å². The van der Waals surface area contributed by atoms with Gasteiger partial charge in [-0.05, 0) is 12.3 Å². The van der Waals surface area contributed by atoms with Crippen molar-refractivity contribution >= 4 is 5.97 Å². The fourth-order valence-electron chi connectivity index (χ4n) is 3.89. The van der Waals surface area contributed by atoms with E-state index in [0.29, 0.717) is 24.4 Å². The lowest BCUT2D eigenvalue weighted by Gasteiger charge is -2.33. The molecule has 3 fully saturated rings. The van der Waals surface area contributed by atoms with Gasteiger partial charge in [0.1, 0.15) is 0 Å². The third-order valence-electron chi connectivity index (χ3n) is 4.42. The van der Waals surface area contributed by atoms with Gasteiger partial charge in [-0.15, -0.1) is 0 Å². The van der Waals surface area contributed by atoms with Crippen molar-refractivity contribution in [3.8, 4) is 0 Å². The molecule has 0 amide bonds. The van der Waals surface area contributed by atoms with E-state index in [2.05, 4.69) is 0 Å². The Bertz CT molecular complexity index is 290. The number of carbonyl (C=O) groups is 1. The number of methoxy groups -OCH3 is 2. The SMILES string of the molecule is COC1C2CC(C1OC)C1C(=O)OCC21. The number of fused-ring (bicyclic) bond motifs is 5. The topological polar surface area (TPSA) is 44.8 Å². The van der Waals surface area contributed by atoms with Gasteiger partial charge in [0.15, 0.2) is 0 Å². The average Bonchev–Trinajstić information content (AvgIpc) is 2.87. The molecular formula is C11H16O4. The van der Waals surface area contributed by atoms with Crippen LogP contribution in [0.25, 0.3) is 0 Å². The van der Waals surface area contributed by atoms with Gasteiger partial charge >= 0.3 is 5.97 Å². The van der Waals surface area contributed by atoms with Crippen molar-refractivity contribution in [2.75, 3.05) is 20.8 Å². The summed E-state index contributed by atoms with van der Waals surface area (Å²) in [5.74, 6) is 1.18. The Labute approximate surface area is 88.9 Å². The van der Waals surface area contributed by atoms with Crippen LogP contribution in [-0.2, 0) is 19.0 Å². The van der Waals surface area contributed by atoms with Gasteiger partial charge in [0.2, 0.25) is 0 Å². The second-order valence-electron chi connectivity index (χ2n) is 4.78. The summed E-state index contributed by atoms with van der Waals surface area (Å²) in [4.78, 5) is 11.6. The molecule has 3 aliphatic rings. The fraction of sp³-hybridized carbons (Fsp3) is 0.909. The molecule has 6 unspecified atom stereocenters. The first-order chi connectivity index (χ1) is 7.27. The normalized spacial score (nSPS) is 52.0. The lowest BCUT2D eigenvalue weighted by atomic mass is 9.78. The summed E-state index contributed by atoms with van der Waals surface area (Å²) >= 11 is 0. The minimum atomic E-state index is -0.0240. The molecule has 0 aromatic rings. The van der Waals surface area contributed by atoms with E-state index in [-0.39, 0.29) is 24.1 Å². The van der Waals surface area contributed by atoms with Gasteiger partial charge in [0, 0.05) is 26.1 Å². The molecule has 1 aliphatic heterocycles. The monoisotopic (exact) mass is 212 g/mol. The summed E-state index contributed by atoms with van der Waals surface area (Å²) < 4.78 is 16.1. The summed E-state index contributed by atoms with van der Waals surface area (Å²) in [6, 6.07) is 0. The molecular weight excluding hydrogens is 196 g/mol. The molecule has 2 bridgehead atoms. The highest BCUT2D eigenvalue weighted by molar-refractivity contribution is 5.76. The van der Waals surface area contributed by atoms with Gasteiger partial charge in [-0.3, -0.25) is 4.79 Å². The summed E-state index contributed by atoms with van der Waals surface area (Å²) in [6.45, 7) is 0.584. The number of cyclic esters (lactones) is 1. The zero-order chi connectivity index (χ0) is 10.6. The predicted octanol–water partition coefficient (Wildman–Crippen LogP) is 0.455. The number of carbonyl (C=O) groups excluding carboxylic acids is 1. The van der Waals surface area contributed by atoms with Crippen molar-refractivity contribution in [3.05, 3.63) is 0 Å². The van der Waals surface area contributed by atoms with Crippen molar-refractivity contribution in [2.24, 2.45) is 23.7 Å². The Balaban J connectivity index is 1.90. The first-order valence-electron chi connectivity index (χ1n) is 5.50. The Morgan fingerprint density at radius 3 is 2.47 bits per heavy atom. The van der Waals surface area contributed by atoms with Crippen LogP contribution in [0.2, 0.25) is 0 Å². The van der Waals surface area contributed by atoms with Crippen molar-refractivity contribution in [3.63, 3.8) is 0 Å². The summed E-state index contributed by atoms with van der Waals surface area (Å²) in [6.07, 6.45) is 1.28. The van der Waals surface area contributed by atoms with Gasteiger partial charge < -0.3 is 14.2 Å². The minimum absolute atomic E-state index is 0.0240. The van der Waals surface area contributed by atoms with Crippen molar-refractivity contribution < 1.29 is 19.0 Å². The molecule has 6 atom stereocenters. The molecule has 0 aromatic heterocycles. The van der Waals surface area contributed by atoms with Crippen molar-refractivity contribution in [1.29, 1.82) is 0 Å². The van der Waals surface area contributed by atoms with E-state index in [1.165, 1.54) is 0 Å². The number of hydrogen-bond donors (Lipinski definition) is 0. The number of rotatable bonds is 2. The molecule has 3 rings (SSSR count). The second kappa shape index (κ2) is 3.19. The first-order valence-corrected chi connectivity index (χ1v) is 5.50. The maximum atomic E-state index is 11.6. The van der Waals surface area contributed by atoms with Crippen molar-refractivity contribution in [2.45, 2.75) is 18.6 Å². The standard InChI is InChI=1S/C11H16O4/c1-13-9-5-3-6(10(9)14-2)8-7(5)4-15-11(8)12/h5-10H,3-4H2,1-2H3.